The van der Waals surface area contributed by atoms with Gasteiger partial charge in [0.2, 0.25) is 0 Å². The third kappa shape index (κ3) is 2.96. The summed E-state index contributed by atoms with van der Waals surface area (Å²) >= 11 is 0. The third-order valence-corrected chi connectivity index (χ3v) is 5.57. The van der Waals surface area contributed by atoms with E-state index in [0.717, 1.165) is 22.2 Å². The van der Waals surface area contributed by atoms with Crippen molar-refractivity contribution < 1.29 is 19.4 Å². The molecule has 1 aliphatic heterocycles. The van der Waals surface area contributed by atoms with E-state index in [1.54, 1.807) is 45.2 Å². The zero-order valence-electron chi connectivity index (χ0n) is 17.4. The van der Waals surface area contributed by atoms with Crippen molar-refractivity contribution >= 4 is 28.3 Å². The molecule has 3 aromatic rings. The Labute approximate surface area is 174 Å². The summed E-state index contributed by atoms with van der Waals surface area (Å²) in [5.41, 5.74) is 3.28. The molecule has 2 heterocycles. The molecular weight excluding hydrogens is 380 g/mol. The smallest absolute Gasteiger partial charge is 0.294 e. The second-order valence-corrected chi connectivity index (χ2v) is 7.77. The number of aryl methyl sites for hydroxylation is 1. The van der Waals surface area contributed by atoms with Crippen molar-refractivity contribution in [2.24, 2.45) is 5.92 Å². The first kappa shape index (κ1) is 19.8. The van der Waals surface area contributed by atoms with Crippen LogP contribution in [0.25, 0.3) is 10.9 Å². The number of hydrogen-bond donors (Lipinski definition) is 2. The van der Waals surface area contributed by atoms with Crippen molar-refractivity contribution in [2.45, 2.75) is 26.8 Å². The summed E-state index contributed by atoms with van der Waals surface area (Å²) in [6, 6.07) is 14.0. The highest BCUT2D eigenvalue weighted by molar-refractivity contribution is 6.17. The predicted octanol–water partition coefficient (Wildman–Crippen LogP) is 4.61. The van der Waals surface area contributed by atoms with Crippen molar-refractivity contribution in [3.63, 3.8) is 0 Å². The van der Waals surface area contributed by atoms with Crippen LogP contribution in [0.2, 0.25) is 0 Å². The maximum atomic E-state index is 13.2. The Bertz CT molecular complexity index is 1170. The van der Waals surface area contributed by atoms with Gasteiger partial charge in [-0.25, -0.2) is 0 Å². The SMILES string of the molecule is COc1ccc(N2C(=O)C(O)=C(C(=O)C(C)C)C2c2c(C)[nH]c3ccccc23)cc1. The first-order valence-corrected chi connectivity index (χ1v) is 9.87. The van der Waals surface area contributed by atoms with Gasteiger partial charge in [-0.1, -0.05) is 32.0 Å². The van der Waals surface area contributed by atoms with E-state index in [1.807, 2.05) is 31.2 Å². The average molecular weight is 404 g/mol. The molecule has 6 nitrogen and oxygen atoms in total. The molecular formula is C24H24N2O4. The number of nitrogens with zero attached hydrogens (tertiary/aromatic N) is 1. The molecule has 0 spiro atoms. The number of anilines is 1. The number of aromatic amines is 1. The molecule has 0 bridgehead atoms. The molecule has 0 saturated heterocycles. The summed E-state index contributed by atoms with van der Waals surface area (Å²) < 4.78 is 5.22. The van der Waals surface area contributed by atoms with Crippen LogP contribution in [0.3, 0.4) is 0 Å². The summed E-state index contributed by atoms with van der Waals surface area (Å²) in [6.45, 7) is 5.45. The fraction of sp³-hybridized carbons (Fsp3) is 0.250. The summed E-state index contributed by atoms with van der Waals surface area (Å²) in [5, 5.41) is 11.7. The normalized spacial score (nSPS) is 16.8. The number of H-pyrrole nitrogens is 1. The minimum absolute atomic E-state index is 0.138. The van der Waals surface area contributed by atoms with E-state index in [0.29, 0.717) is 11.4 Å². The summed E-state index contributed by atoms with van der Waals surface area (Å²) in [5.74, 6) is -1.02. The minimum Gasteiger partial charge on any atom is -0.503 e. The molecule has 0 fully saturated rings. The maximum Gasteiger partial charge on any atom is 0.294 e. The number of fused-ring (bicyclic) bond motifs is 1. The van der Waals surface area contributed by atoms with Gasteiger partial charge in [0.15, 0.2) is 11.5 Å². The van der Waals surface area contributed by atoms with Crippen LogP contribution in [0.5, 0.6) is 5.75 Å². The van der Waals surface area contributed by atoms with Crippen molar-refractivity contribution in [2.75, 3.05) is 12.0 Å². The number of Topliss-reactive ketones (excluding diaryl/α,β-unsaturated/α-hetero) is 1. The van der Waals surface area contributed by atoms with Gasteiger partial charge < -0.3 is 14.8 Å². The molecule has 154 valence electrons. The number of ketones is 1. The van der Waals surface area contributed by atoms with E-state index in [-0.39, 0.29) is 17.3 Å². The number of aromatic nitrogens is 1. The Morgan fingerprint density at radius 3 is 2.43 bits per heavy atom. The van der Waals surface area contributed by atoms with Crippen LogP contribution >= 0.6 is 0 Å². The number of carbonyl (C=O) groups excluding carboxylic acids is 2. The zero-order valence-corrected chi connectivity index (χ0v) is 17.4. The van der Waals surface area contributed by atoms with Gasteiger partial charge in [-0.15, -0.1) is 0 Å². The lowest BCUT2D eigenvalue weighted by atomic mass is 9.89. The summed E-state index contributed by atoms with van der Waals surface area (Å²) in [7, 11) is 1.57. The van der Waals surface area contributed by atoms with Gasteiger partial charge in [-0.3, -0.25) is 14.5 Å². The molecule has 2 aromatic carbocycles. The number of aliphatic hydroxyl groups excluding tert-OH is 1. The lowest BCUT2D eigenvalue weighted by Crippen LogP contribution is -2.31. The number of methoxy groups -OCH3 is 1. The number of para-hydroxylation sites is 1. The van der Waals surface area contributed by atoms with Gasteiger partial charge in [0, 0.05) is 33.8 Å². The largest absolute Gasteiger partial charge is 0.503 e. The number of ether oxygens (including phenoxy) is 1. The number of hydrogen-bond acceptors (Lipinski definition) is 4. The van der Waals surface area contributed by atoms with Crippen molar-refractivity contribution in [1.29, 1.82) is 0 Å². The predicted molar refractivity (Wildman–Crippen MR) is 116 cm³/mol. The van der Waals surface area contributed by atoms with Crippen LogP contribution in [0.1, 0.15) is 31.1 Å². The second kappa shape index (κ2) is 7.37. The van der Waals surface area contributed by atoms with Gasteiger partial charge in [-0.2, -0.15) is 0 Å². The highest BCUT2D eigenvalue weighted by Gasteiger charge is 2.46. The second-order valence-electron chi connectivity index (χ2n) is 7.77. The van der Waals surface area contributed by atoms with E-state index < -0.39 is 17.7 Å². The molecule has 1 atom stereocenters. The molecule has 1 aliphatic rings. The van der Waals surface area contributed by atoms with Gasteiger partial charge >= 0.3 is 0 Å². The Balaban J connectivity index is 1.97. The number of rotatable bonds is 5. The first-order chi connectivity index (χ1) is 14.3. The van der Waals surface area contributed by atoms with Crippen molar-refractivity contribution in [1.82, 2.24) is 4.98 Å². The van der Waals surface area contributed by atoms with Crippen LogP contribution in [-0.4, -0.2) is 28.9 Å². The highest BCUT2D eigenvalue weighted by Crippen LogP contribution is 2.45. The molecule has 2 N–H and O–H groups in total. The van der Waals surface area contributed by atoms with E-state index in [2.05, 4.69) is 4.98 Å². The van der Waals surface area contributed by atoms with Gasteiger partial charge in [0.25, 0.3) is 5.91 Å². The molecule has 0 saturated carbocycles. The molecule has 0 aliphatic carbocycles. The Kier molecular flexibility index (Phi) is 4.86. The topological polar surface area (TPSA) is 82.6 Å². The van der Waals surface area contributed by atoms with Crippen LogP contribution in [0, 0.1) is 12.8 Å². The fourth-order valence-electron chi connectivity index (χ4n) is 4.10. The van der Waals surface area contributed by atoms with Crippen LogP contribution < -0.4 is 9.64 Å². The molecule has 1 aromatic heterocycles. The maximum absolute atomic E-state index is 13.2. The van der Waals surface area contributed by atoms with Crippen molar-refractivity contribution in [3.8, 4) is 5.75 Å². The molecule has 0 radical (unpaired) electrons. The third-order valence-electron chi connectivity index (χ3n) is 5.57. The number of benzene rings is 2. The number of nitrogens with one attached hydrogen (secondary N) is 1. The quantitative estimate of drug-likeness (QED) is 0.651. The lowest BCUT2D eigenvalue weighted by molar-refractivity contribution is -0.119. The Morgan fingerprint density at radius 2 is 1.80 bits per heavy atom. The molecule has 6 heteroatoms. The molecule has 1 amide bonds. The van der Waals surface area contributed by atoms with E-state index in [4.69, 9.17) is 4.74 Å². The van der Waals surface area contributed by atoms with E-state index in [1.165, 1.54) is 4.90 Å². The summed E-state index contributed by atoms with van der Waals surface area (Å²) in [4.78, 5) is 31.1. The average Bonchev–Trinajstić information content (AvgIpc) is 3.20. The number of amides is 1. The Morgan fingerprint density at radius 1 is 1.13 bits per heavy atom. The fourth-order valence-corrected chi connectivity index (χ4v) is 4.10. The molecule has 1 unspecified atom stereocenters. The molecule has 4 rings (SSSR count). The monoisotopic (exact) mass is 404 g/mol. The van der Waals surface area contributed by atoms with Gasteiger partial charge in [-0.05, 0) is 37.3 Å². The lowest BCUT2D eigenvalue weighted by Gasteiger charge is -2.27. The number of aliphatic hydroxyl groups is 1. The Hall–Kier alpha value is -3.54. The zero-order chi connectivity index (χ0) is 21.6. The van der Waals surface area contributed by atoms with Crippen LogP contribution in [0.15, 0.2) is 59.9 Å². The van der Waals surface area contributed by atoms with Crippen LogP contribution in [-0.2, 0) is 9.59 Å². The van der Waals surface area contributed by atoms with Crippen LogP contribution in [0.4, 0.5) is 5.69 Å². The number of carbonyl (C=O) groups is 2. The van der Waals surface area contributed by atoms with Gasteiger partial charge in [0.05, 0.1) is 18.7 Å². The van der Waals surface area contributed by atoms with Crippen molar-refractivity contribution in [3.05, 3.63) is 71.1 Å². The summed E-state index contributed by atoms with van der Waals surface area (Å²) in [6.07, 6.45) is 0. The minimum atomic E-state index is -0.725. The standard InChI is InChI=1S/C24H24N2O4/c1-13(2)22(27)20-21(19-14(3)25-18-8-6-5-7-17(18)19)26(24(29)23(20)28)15-9-11-16(30-4)12-10-15/h5-13,21,25,28H,1-4H3. The van der Waals surface area contributed by atoms with E-state index in [9.17, 15) is 14.7 Å². The molecule has 30 heavy (non-hydrogen) atoms. The first-order valence-electron chi connectivity index (χ1n) is 9.87. The van der Waals surface area contributed by atoms with Gasteiger partial charge in [0.1, 0.15) is 5.75 Å². The highest BCUT2D eigenvalue weighted by atomic mass is 16.5. The van der Waals surface area contributed by atoms with E-state index >= 15 is 0 Å².